The monoisotopic (exact) mass is 271 g/mol. The van der Waals surface area contributed by atoms with Crippen LogP contribution in [0, 0.1) is 5.92 Å². The molecule has 0 aliphatic carbocycles. The fraction of sp³-hybridized carbons (Fsp3) is 0.462. The molecule has 1 atom stereocenters. The lowest BCUT2D eigenvalue weighted by Gasteiger charge is -2.15. The lowest BCUT2D eigenvalue weighted by molar-refractivity contribution is -0.141. The molecule has 1 N–H and O–H groups in total. The van der Waals surface area contributed by atoms with Gasteiger partial charge in [0.15, 0.2) is 0 Å². The number of likely N-dealkylation sites (tertiary alicyclic amines) is 1. The minimum Gasteiger partial charge on any atom is -0.492 e. The van der Waals surface area contributed by atoms with E-state index >= 15 is 0 Å². The van der Waals surface area contributed by atoms with Gasteiger partial charge in [-0.05, 0) is 25.1 Å². The van der Waals surface area contributed by atoms with Crippen molar-refractivity contribution in [1.82, 2.24) is 4.90 Å². The van der Waals surface area contributed by atoms with Gasteiger partial charge in [-0.3, -0.25) is 9.69 Å². The van der Waals surface area contributed by atoms with Crippen molar-refractivity contribution in [2.24, 2.45) is 5.92 Å². The molecule has 0 aromatic heterocycles. The number of nitrogens with zero attached hydrogens (tertiary/aromatic N) is 1. The molecule has 1 heterocycles. The molecule has 1 saturated heterocycles. The summed E-state index contributed by atoms with van der Waals surface area (Å²) in [7, 11) is 0. The standard InChI is InChI=1S/C13H17NO3.ClH/c15-13(16)11-6-7-14(10-11)8-9-17-12-4-2-1-3-5-12;/h1-5,11H,6-10H2,(H,15,16);1H. The Balaban J connectivity index is 0.00000162. The number of benzene rings is 1. The molecule has 2 rings (SSSR count). The van der Waals surface area contributed by atoms with Gasteiger partial charge in [-0.15, -0.1) is 12.4 Å². The molecule has 4 nitrogen and oxygen atoms in total. The van der Waals surface area contributed by atoms with Crippen molar-refractivity contribution < 1.29 is 14.6 Å². The third-order valence-corrected chi connectivity index (χ3v) is 3.04. The van der Waals surface area contributed by atoms with E-state index in [1.54, 1.807) is 0 Å². The van der Waals surface area contributed by atoms with Gasteiger partial charge in [-0.1, -0.05) is 18.2 Å². The van der Waals surface area contributed by atoms with Crippen molar-refractivity contribution >= 4 is 18.4 Å². The molecule has 0 radical (unpaired) electrons. The van der Waals surface area contributed by atoms with Gasteiger partial charge in [0.05, 0.1) is 5.92 Å². The molecule has 1 aliphatic rings. The van der Waals surface area contributed by atoms with Crippen molar-refractivity contribution in [1.29, 1.82) is 0 Å². The van der Waals surface area contributed by atoms with Crippen molar-refractivity contribution in [3.63, 3.8) is 0 Å². The summed E-state index contributed by atoms with van der Waals surface area (Å²) in [5.41, 5.74) is 0. The number of rotatable bonds is 5. The fourth-order valence-electron chi connectivity index (χ4n) is 2.05. The first kappa shape index (κ1) is 14.8. The molecule has 1 aromatic carbocycles. The van der Waals surface area contributed by atoms with Gasteiger partial charge in [0, 0.05) is 13.1 Å². The molecule has 1 aromatic rings. The van der Waals surface area contributed by atoms with Crippen LogP contribution in [0.4, 0.5) is 0 Å². The number of ether oxygens (including phenoxy) is 1. The number of carbonyl (C=O) groups is 1. The predicted octanol–water partition coefficient (Wildman–Crippen LogP) is 1.89. The molecule has 1 aliphatic heterocycles. The summed E-state index contributed by atoms with van der Waals surface area (Å²) in [5.74, 6) is -0.0234. The maximum Gasteiger partial charge on any atom is 0.307 e. The van der Waals surface area contributed by atoms with E-state index in [1.807, 2.05) is 30.3 Å². The summed E-state index contributed by atoms with van der Waals surface area (Å²) in [5, 5.41) is 8.88. The highest BCUT2D eigenvalue weighted by atomic mass is 35.5. The number of hydrogen-bond acceptors (Lipinski definition) is 3. The highest BCUT2D eigenvalue weighted by Crippen LogP contribution is 2.16. The first-order valence-electron chi connectivity index (χ1n) is 5.89. The highest BCUT2D eigenvalue weighted by molar-refractivity contribution is 5.85. The average molecular weight is 272 g/mol. The van der Waals surface area contributed by atoms with Crippen LogP contribution in [-0.2, 0) is 4.79 Å². The zero-order chi connectivity index (χ0) is 12.1. The molecular weight excluding hydrogens is 254 g/mol. The predicted molar refractivity (Wildman–Crippen MR) is 71.4 cm³/mol. The summed E-state index contributed by atoms with van der Waals surface area (Å²) in [4.78, 5) is 12.9. The lowest BCUT2D eigenvalue weighted by Crippen LogP contribution is -2.27. The Morgan fingerprint density at radius 3 is 2.72 bits per heavy atom. The first-order valence-corrected chi connectivity index (χ1v) is 5.89. The number of carboxylic acid groups (broad SMARTS) is 1. The third-order valence-electron chi connectivity index (χ3n) is 3.04. The minimum atomic E-state index is -0.684. The Bertz CT molecular complexity index is 372. The van der Waals surface area contributed by atoms with Crippen LogP contribution in [0.25, 0.3) is 0 Å². The van der Waals surface area contributed by atoms with Crippen LogP contribution in [0.3, 0.4) is 0 Å². The Morgan fingerprint density at radius 1 is 1.39 bits per heavy atom. The molecule has 0 bridgehead atoms. The van der Waals surface area contributed by atoms with Gasteiger partial charge in [-0.2, -0.15) is 0 Å². The number of para-hydroxylation sites is 1. The van der Waals surface area contributed by atoms with Crippen LogP contribution in [0.2, 0.25) is 0 Å². The second kappa shape index (κ2) is 7.24. The largest absolute Gasteiger partial charge is 0.492 e. The Hall–Kier alpha value is -1.26. The molecule has 18 heavy (non-hydrogen) atoms. The molecule has 100 valence electrons. The second-order valence-corrected chi connectivity index (χ2v) is 4.29. The number of carboxylic acids is 1. The molecule has 1 fully saturated rings. The molecular formula is C13H18ClNO3. The van der Waals surface area contributed by atoms with Gasteiger partial charge in [0.1, 0.15) is 12.4 Å². The maximum absolute atomic E-state index is 10.8. The third kappa shape index (κ3) is 4.20. The van der Waals surface area contributed by atoms with E-state index < -0.39 is 5.97 Å². The summed E-state index contributed by atoms with van der Waals surface area (Å²) < 4.78 is 5.57. The summed E-state index contributed by atoms with van der Waals surface area (Å²) in [6.45, 7) is 2.90. The molecule has 0 saturated carbocycles. The summed E-state index contributed by atoms with van der Waals surface area (Å²) >= 11 is 0. The second-order valence-electron chi connectivity index (χ2n) is 4.29. The van der Waals surface area contributed by atoms with Gasteiger partial charge < -0.3 is 9.84 Å². The van der Waals surface area contributed by atoms with Crippen molar-refractivity contribution in [2.75, 3.05) is 26.2 Å². The SMILES string of the molecule is Cl.O=C(O)C1CCN(CCOc2ccccc2)C1. The van der Waals surface area contributed by atoms with E-state index in [-0.39, 0.29) is 18.3 Å². The zero-order valence-electron chi connectivity index (χ0n) is 10.1. The van der Waals surface area contributed by atoms with E-state index in [0.717, 1.165) is 25.3 Å². The average Bonchev–Trinajstić information content (AvgIpc) is 2.79. The van der Waals surface area contributed by atoms with Gasteiger partial charge in [0.2, 0.25) is 0 Å². The van der Waals surface area contributed by atoms with Crippen molar-refractivity contribution in [3.8, 4) is 5.75 Å². The van der Waals surface area contributed by atoms with Crippen LogP contribution in [0.1, 0.15) is 6.42 Å². The Morgan fingerprint density at radius 2 is 2.11 bits per heavy atom. The molecule has 0 spiro atoms. The van der Waals surface area contributed by atoms with Gasteiger partial charge in [-0.25, -0.2) is 0 Å². The quantitative estimate of drug-likeness (QED) is 0.889. The lowest BCUT2D eigenvalue weighted by atomic mass is 10.1. The maximum atomic E-state index is 10.8. The van der Waals surface area contributed by atoms with Crippen LogP contribution < -0.4 is 4.74 Å². The summed E-state index contributed by atoms with van der Waals surface area (Å²) in [6.07, 6.45) is 0.751. The van der Waals surface area contributed by atoms with Gasteiger partial charge >= 0.3 is 5.97 Å². The topological polar surface area (TPSA) is 49.8 Å². The normalized spacial score (nSPS) is 19.2. The van der Waals surface area contributed by atoms with E-state index in [4.69, 9.17) is 9.84 Å². The first-order chi connectivity index (χ1) is 8.25. The van der Waals surface area contributed by atoms with E-state index in [2.05, 4.69) is 4.90 Å². The Labute approximate surface area is 113 Å². The van der Waals surface area contributed by atoms with Crippen molar-refractivity contribution in [3.05, 3.63) is 30.3 Å². The molecule has 5 heteroatoms. The molecule has 0 amide bonds. The van der Waals surface area contributed by atoms with E-state index in [0.29, 0.717) is 13.2 Å². The number of halogens is 1. The highest BCUT2D eigenvalue weighted by Gasteiger charge is 2.27. The van der Waals surface area contributed by atoms with Crippen LogP contribution >= 0.6 is 12.4 Å². The molecule has 1 unspecified atom stereocenters. The smallest absolute Gasteiger partial charge is 0.307 e. The van der Waals surface area contributed by atoms with Crippen LogP contribution in [0.15, 0.2) is 30.3 Å². The zero-order valence-corrected chi connectivity index (χ0v) is 10.9. The van der Waals surface area contributed by atoms with E-state index in [1.165, 1.54) is 0 Å². The Kier molecular flexibility index (Phi) is 5.95. The number of hydrogen-bond donors (Lipinski definition) is 1. The van der Waals surface area contributed by atoms with Crippen molar-refractivity contribution in [2.45, 2.75) is 6.42 Å². The minimum absolute atomic E-state index is 0. The van der Waals surface area contributed by atoms with E-state index in [9.17, 15) is 4.79 Å². The van der Waals surface area contributed by atoms with Gasteiger partial charge in [0.25, 0.3) is 0 Å². The van der Waals surface area contributed by atoms with Crippen LogP contribution in [0.5, 0.6) is 5.75 Å². The van der Waals surface area contributed by atoms with Crippen LogP contribution in [-0.4, -0.2) is 42.2 Å². The number of aliphatic carboxylic acids is 1. The summed E-state index contributed by atoms with van der Waals surface area (Å²) in [6, 6.07) is 9.66. The fourth-order valence-corrected chi connectivity index (χ4v) is 2.05.